The Balaban J connectivity index is 0.00000208. The minimum atomic E-state index is -0.304. The Hall–Kier alpha value is -1.37. The van der Waals surface area contributed by atoms with Gasteiger partial charge in [-0.15, -0.1) is 12.4 Å². The molecule has 2 aliphatic rings. The Morgan fingerprint density at radius 2 is 1.92 bits per heavy atom. The van der Waals surface area contributed by atoms with Gasteiger partial charge in [0.25, 0.3) is 0 Å². The van der Waals surface area contributed by atoms with E-state index in [1.54, 1.807) is 0 Å². The van der Waals surface area contributed by atoms with E-state index in [9.17, 15) is 4.79 Å². The highest BCUT2D eigenvalue weighted by atomic mass is 35.5. The van der Waals surface area contributed by atoms with E-state index in [-0.39, 0.29) is 30.6 Å². The van der Waals surface area contributed by atoms with E-state index in [2.05, 4.69) is 18.7 Å². The highest BCUT2D eigenvalue weighted by Crippen LogP contribution is 2.26. The molecule has 1 saturated heterocycles. The Kier molecular flexibility index (Phi) is 6.43. The minimum absolute atomic E-state index is 0. The Labute approximate surface area is 148 Å². The molecular formula is C17H25ClN2O4. The number of pyridine rings is 1. The van der Waals surface area contributed by atoms with E-state index in [1.807, 2.05) is 6.07 Å². The molecule has 3 rings (SSSR count). The predicted molar refractivity (Wildman–Crippen MR) is 93.3 cm³/mol. The van der Waals surface area contributed by atoms with Crippen LogP contribution in [0.2, 0.25) is 0 Å². The molecule has 0 aromatic carbocycles. The van der Waals surface area contributed by atoms with Crippen molar-refractivity contribution in [3.63, 3.8) is 0 Å². The van der Waals surface area contributed by atoms with Gasteiger partial charge in [0.15, 0.2) is 0 Å². The van der Waals surface area contributed by atoms with Crippen LogP contribution in [-0.2, 0) is 27.1 Å². The van der Waals surface area contributed by atoms with E-state index < -0.39 is 0 Å². The van der Waals surface area contributed by atoms with Gasteiger partial charge in [-0.3, -0.25) is 0 Å². The zero-order chi connectivity index (χ0) is 16.4. The number of methoxy groups -OCH3 is 1. The molecule has 0 N–H and O–H groups in total. The first-order chi connectivity index (χ1) is 11.1. The van der Waals surface area contributed by atoms with E-state index in [4.69, 9.17) is 19.2 Å². The highest BCUT2D eigenvalue weighted by Gasteiger charge is 2.26. The fourth-order valence-electron chi connectivity index (χ4n) is 3.36. The maximum Gasteiger partial charge on any atom is 0.338 e. The average molecular weight is 357 g/mol. The third kappa shape index (κ3) is 3.99. The van der Waals surface area contributed by atoms with Crippen molar-refractivity contribution in [3.8, 4) is 0 Å². The van der Waals surface area contributed by atoms with Crippen molar-refractivity contribution in [1.29, 1.82) is 0 Å². The van der Waals surface area contributed by atoms with Crippen molar-refractivity contribution in [1.82, 2.24) is 4.98 Å². The number of aromatic nitrogens is 1. The lowest BCUT2D eigenvalue weighted by atomic mass is 10.0. The summed E-state index contributed by atoms with van der Waals surface area (Å²) in [5.74, 6) is 0.522. The number of rotatable bonds is 2. The number of anilines is 1. The molecule has 0 amide bonds. The summed E-state index contributed by atoms with van der Waals surface area (Å²) in [6, 6.07) is 1.86. The standard InChI is InChI=1S/C17H24N2O4.ClH/c1-11-9-19(10-12(2)23-11)16-8-14(17(20)21-3)13-4-6-22-7-5-15(13)18-16;/h8,11-12H,4-7,9-10H2,1-3H3;1H/t11-,12+;. The van der Waals surface area contributed by atoms with Crippen LogP contribution in [0.1, 0.15) is 35.5 Å². The van der Waals surface area contributed by atoms with Gasteiger partial charge in [-0.2, -0.15) is 0 Å². The van der Waals surface area contributed by atoms with Gasteiger partial charge in [0.05, 0.1) is 38.1 Å². The van der Waals surface area contributed by atoms with Crippen molar-refractivity contribution in [3.05, 3.63) is 22.9 Å². The van der Waals surface area contributed by atoms with Crippen LogP contribution in [0.15, 0.2) is 6.07 Å². The average Bonchev–Trinajstić information content (AvgIpc) is 2.77. The Bertz CT molecular complexity index is 586. The molecule has 1 aromatic rings. The molecule has 1 aromatic heterocycles. The normalized spacial score (nSPS) is 23.7. The second kappa shape index (κ2) is 8.14. The summed E-state index contributed by atoms with van der Waals surface area (Å²) < 4.78 is 16.3. The third-order valence-corrected chi connectivity index (χ3v) is 4.32. The van der Waals surface area contributed by atoms with Crippen LogP contribution in [0.4, 0.5) is 5.82 Å². The number of fused-ring (bicyclic) bond motifs is 1. The van der Waals surface area contributed by atoms with Crippen LogP contribution in [0.3, 0.4) is 0 Å². The number of halogens is 1. The number of carbonyl (C=O) groups excluding carboxylic acids is 1. The molecule has 7 heteroatoms. The maximum absolute atomic E-state index is 12.2. The quantitative estimate of drug-likeness (QED) is 0.755. The summed E-state index contributed by atoms with van der Waals surface area (Å²) in [4.78, 5) is 19.2. The van der Waals surface area contributed by atoms with Crippen LogP contribution in [-0.4, -0.2) is 56.6 Å². The van der Waals surface area contributed by atoms with Gasteiger partial charge in [-0.05, 0) is 31.9 Å². The van der Waals surface area contributed by atoms with Crippen LogP contribution in [0.5, 0.6) is 0 Å². The van der Waals surface area contributed by atoms with Crippen LogP contribution in [0.25, 0.3) is 0 Å². The summed E-state index contributed by atoms with van der Waals surface area (Å²) in [6.45, 7) is 6.91. The summed E-state index contributed by atoms with van der Waals surface area (Å²) in [5.41, 5.74) is 2.53. The molecule has 24 heavy (non-hydrogen) atoms. The molecule has 134 valence electrons. The molecule has 3 heterocycles. The van der Waals surface area contributed by atoms with E-state index in [0.717, 1.165) is 36.6 Å². The lowest BCUT2D eigenvalue weighted by molar-refractivity contribution is -0.00547. The van der Waals surface area contributed by atoms with Gasteiger partial charge in [0.2, 0.25) is 0 Å². The monoisotopic (exact) mass is 356 g/mol. The Morgan fingerprint density at radius 3 is 2.58 bits per heavy atom. The summed E-state index contributed by atoms with van der Waals surface area (Å²) in [6.07, 6.45) is 1.71. The smallest absolute Gasteiger partial charge is 0.338 e. The highest BCUT2D eigenvalue weighted by molar-refractivity contribution is 5.92. The lowest BCUT2D eigenvalue weighted by Gasteiger charge is -2.36. The SMILES string of the molecule is COC(=O)c1cc(N2C[C@@H](C)O[C@@H](C)C2)nc2c1CCOCC2.Cl. The third-order valence-electron chi connectivity index (χ3n) is 4.32. The fourth-order valence-corrected chi connectivity index (χ4v) is 3.36. The van der Waals surface area contributed by atoms with E-state index in [1.165, 1.54) is 7.11 Å². The van der Waals surface area contributed by atoms with Crippen molar-refractivity contribution in [2.45, 2.75) is 38.9 Å². The van der Waals surface area contributed by atoms with Crippen molar-refractivity contribution >= 4 is 24.2 Å². The maximum atomic E-state index is 12.2. The first-order valence-electron chi connectivity index (χ1n) is 8.17. The van der Waals surface area contributed by atoms with Gasteiger partial charge < -0.3 is 19.1 Å². The summed E-state index contributed by atoms with van der Waals surface area (Å²) >= 11 is 0. The molecule has 0 radical (unpaired) electrons. The van der Waals surface area contributed by atoms with Crippen molar-refractivity contribution in [2.75, 3.05) is 38.3 Å². The lowest BCUT2D eigenvalue weighted by Crippen LogP contribution is -2.46. The van der Waals surface area contributed by atoms with E-state index >= 15 is 0 Å². The van der Waals surface area contributed by atoms with Gasteiger partial charge in [0, 0.05) is 25.2 Å². The van der Waals surface area contributed by atoms with Crippen LogP contribution >= 0.6 is 12.4 Å². The number of carbonyl (C=O) groups is 1. The Morgan fingerprint density at radius 1 is 1.25 bits per heavy atom. The summed E-state index contributed by atoms with van der Waals surface area (Å²) in [7, 11) is 1.42. The van der Waals surface area contributed by atoms with Crippen LogP contribution < -0.4 is 4.90 Å². The zero-order valence-electron chi connectivity index (χ0n) is 14.4. The number of esters is 1. The second-order valence-electron chi connectivity index (χ2n) is 6.22. The molecule has 1 fully saturated rings. The number of nitrogens with zero attached hydrogens (tertiary/aromatic N) is 2. The largest absolute Gasteiger partial charge is 0.465 e. The predicted octanol–water partition coefficient (Wildman–Crippen LogP) is 2.02. The van der Waals surface area contributed by atoms with Gasteiger partial charge >= 0.3 is 5.97 Å². The van der Waals surface area contributed by atoms with E-state index in [0.29, 0.717) is 25.2 Å². The molecule has 0 spiro atoms. The van der Waals surface area contributed by atoms with Crippen LogP contribution in [0, 0.1) is 0 Å². The van der Waals surface area contributed by atoms with Gasteiger partial charge in [0.1, 0.15) is 5.82 Å². The first kappa shape index (κ1) is 19.0. The molecule has 6 nitrogen and oxygen atoms in total. The van der Waals surface area contributed by atoms with Crippen molar-refractivity contribution in [2.24, 2.45) is 0 Å². The topological polar surface area (TPSA) is 60.9 Å². The van der Waals surface area contributed by atoms with Gasteiger partial charge in [-0.1, -0.05) is 0 Å². The fraction of sp³-hybridized carbons (Fsp3) is 0.647. The first-order valence-corrected chi connectivity index (χ1v) is 8.17. The minimum Gasteiger partial charge on any atom is -0.465 e. The number of ether oxygens (including phenoxy) is 3. The molecule has 0 unspecified atom stereocenters. The second-order valence-corrected chi connectivity index (χ2v) is 6.22. The molecule has 2 aliphatic heterocycles. The van der Waals surface area contributed by atoms with Crippen molar-refractivity contribution < 1.29 is 19.0 Å². The number of hydrogen-bond donors (Lipinski definition) is 0. The molecule has 0 bridgehead atoms. The van der Waals surface area contributed by atoms with Gasteiger partial charge in [-0.25, -0.2) is 9.78 Å². The zero-order valence-corrected chi connectivity index (χ0v) is 15.2. The molecule has 2 atom stereocenters. The molecular weight excluding hydrogens is 332 g/mol. The molecule has 0 saturated carbocycles. The number of morpholine rings is 1. The number of hydrogen-bond acceptors (Lipinski definition) is 6. The molecule has 0 aliphatic carbocycles. The summed E-state index contributed by atoms with van der Waals surface area (Å²) in [5, 5.41) is 0.